The second kappa shape index (κ2) is 4.33. The quantitative estimate of drug-likeness (QED) is 0.902. The van der Waals surface area contributed by atoms with E-state index < -0.39 is 5.97 Å². The zero-order valence-electron chi connectivity index (χ0n) is 11.9. The maximum absolute atomic E-state index is 12.7. The molecule has 3 aliphatic rings. The number of aliphatic carboxylic acids is 1. The molecule has 1 aromatic rings. The molecular weight excluding hydrogens is 266 g/mol. The number of carboxylic acids is 1. The van der Waals surface area contributed by atoms with Crippen molar-refractivity contribution in [2.75, 3.05) is 13.1 Å². The van der Waals surface area contributed by atoms with Crippen molar-refractivity contribution >= 4 is 11.9 Å². The Morgan fingerprint density at radius 3 is 2.86 bits per heavy atom. The van der Waals surface area contributed by atoms with Crippen LogP contribution in [0.2, 0.25) is 0 Å². The van der Waals surface area contributed by atoms with Crippen molar-refractivity contribution in [3.63, 3.8) is 0 Å². The molecule has 4 rings (SSSR count). The number of rotatable bonds is 2. The smallest absolute Gasteiger partial charge is 0.308 e. The SMILES string of the molecule is O=C(O)C1CCN(C(=O)C2CC23CCc2ccccc23)C1. The van der Waals surface area contributed by atoms with Gasteiger partial charge in [-0.15, -0.1) is 0 Å². The van der Waals surface area contributed by atoms with E-state index in [0.717, 1.165) is 19.3 Å². The van der Waals surface area contributed by atoms with Crippen molar-refractivity contribution in [3.05, 3.63) is 35.4 Å². The van der Waals surface area contributed by atoms with Crippen LogP contribution in [0.5, 0.6) is 0 Å². The highest BCUT2D eigenvalue weighted by atomic mass is 16.4. The molecule has 1 amide bonds. The monoisotopic (exact) mass is 285 g/mol. The third-order valence-electron chi connectivity index (χ3n) is 5.62. The van der Waals surface area contributed by atoms with Crippen LogP contribution in [0.1, 0.15) is 30.4 Å². The van der Waals surface area contributed by atoms with Crippen molar-refractivity contribution in [2.45, 2.75) is 31.1 Å². The average Bonchev–Trinajstić information content (AvgIpc) is 2.85. The molecule has 21 heavy (non-hydrogen) atoms. The normalized spacial score (nSPS) is 33.2. The lowest BCUT2D eigenvalue weighted by Crippen LogP contribution is -2.33. The summed E-state index contributed by atoms with van der Waals surface area (Å²) >= 11 is 0. The highest BCUT2D eigenvalue weighted by Gasteiger charge is 2.62. The van der Waals surface area contributed by atoms with E-state index in [0.29, 0.717) is 19.5 Å². The fraction of sp³-hybridized carbons (Fsp3) is 0.529. The lowest BCUT2D eigenvalue weighted by Gasteiger charge is -2.18. The van der Waals surface area contributed by atoms with Gasteiger partial charge in [0.15, 0.2) is 0 Å². The van der Waals surface area contributed by atoms with Gasteiger partial charge in [0.25, 0.3) is 0 Å². The van der Waals surface area contributed by atoms with Gasteiger partial charge in [-0.2, -0.15) is 0 Å². The molecule has 0 bridgehead atoms. The van der Waals surface area contributed by atoms with Crippen LogP contribution in [0.25, 0.3) is 0 Å². The molecule has 0 radical (unpaired) electrons. The Hall–Kier alpha value is -1.84. The van der Waals surface area contributed by atoms with E-state index >= 15 is 0 Å². The first-order valence-electron chi connectivity index (χ1n) is 7.72. The summed E-state index contributed by atoms with van der Waals surface area (Å²) in [5, 5.41) is 9.06. The number of aryl methyl sites for hydroxylation is 1. The van der Waals surface area contributed by atoms with Gasteiger partial charge in [-0.1, -0.05) is 24.3 Å². The van der Waals surface area contributed by atoms with Gasteiger partial charge in [-0.25, -0.2) is 0 Å². The fourth-order valence-electron chi connectivity index (χ4n) is 4.30. The van der Waals surface area contributed by atoms with Crippen molar-refractivity contribution in [2.24, 2.45) is 11.8 Å². The molecule has 2 fully saturated rings. The Balaban J connectivity index is 1.51. The molecule has 1 saturated carbocycles. The summed E-state index contributed by atoms with van der Waals surface area (Å²) in [6.45, 7) is 0.992. The predicted octanol–water partition coefficient (Wildman–Crippen LogP) is 1.82. The summed E-state index contributed by atoms with van der Waals surface area (Å²) in [6, 6.07) is 8.46. The molecule has 1 saturated heterocycles. The summed E-state index contributed by atoms with van der Waals surface area (Å²) in [5.41, 5.74) is 2.81. The van der Waals surface area contributed by atoms with Gasteiger partial charge in [0, 0.05) is 24.4 Å². The number of fused-ring (bicyclic) bond motifs is 2. The standard InChI is InChI=1S/C17H19NO3/c19-15(18-8-6-12(10-18)16(20)21)14-9-17(14)7-5-11-3-1-2-4-13(11)17/h1-4,12,14H,5-10H2,(H,20,21). The molecular formula is C17H19NO3. The second-order valence-corrected chi connectivity index (χ2v) is 6.68. The number of hydrogen-bond donors (Lipinski definition) is 1. The lowest BCUT2D eigenvalue weighted by atomic mass is 9.95. The molecule has 2 aliphatic carbocycles. The second-order valence-electron chi connectivity index (χ2n) is 6.68. The number of nitrogens with zero attached hydrogens (tertiary/aromatic N) is 1. The Morgan fingerprint density at radius 1 is 1.29 bits per heavy atom. The van der Waals surface area contributed by atoms with E-state index in [9.17, 15) is 9.59 Å². The molecule has 3 unspecified atom stereocenters. The highest BCUT2D eigenvalue weighted by molar-refractivity contribution is 5.86. The summed E-state index contributed by atoms with van der Waals surface area (Å²) < 4.78 is 0. The Bertz CT molecular complexity index is 626. The fourth-order valence-corrected chi connectivity index (χ4v) is 4.30. The molecule has 110 valence electrons. The van der Waals surface area contributed by atoms with Gasteiger partial charge >= 0.3 is 5.97 Å². The van der Waals surface area contributed by atoms with Crippen molar-refractivity contribution in [3.8, 4) is 0 Å². The summed E-state index contributed by atoms with van der Waals surface area (Å²) in [6.07, 6.45) is 3.67. The van der Waals surface area contributed by atoms with Crippen LogP contribution in [-0.4, -0.2) is 35.0 Å². The maximum Gasteiger partial charge on any atom is 0.308 e. The molecule has 1 aromatic carbocycles. The van der Waals surface area contributed by atoms with Gasteiger partial charge in [-0.05, 0) is 36.8 Å². The topological polar surface area (TPSA) is 57.6 Å². The maximum atomic E-state index is 12.7. The van der Waals surface area contributed by atoms with Crippen LogP contribution in [0.3, 0.4) is 0 Å². The van der Waals surface area contributed by atoms with Gasteiger partial charge in [0.1, 0.15) is 0 Å². The van der Waals surface area contributed by atoms with Gasteiger partial charge < -0.3 is 10.0 Å². The third-order valence-corrected chi connectivity index (χ3v) is 5.62. The van der Waals surface area contributed by atoms with E-state index in [4.69, 9.17) is 5.11 Å². The average molecular weight is 285 g/mol. The number of carbonyl (C=O) groups excluding carboxylic acids is 1. The van der Waals surface area contributed by atoms with Gasteiger partial charge in [-0.3, -0.25) is 9.59 Å². The zero-order chi connectivity index (χ0) is 14.6. The lowest BCUT2D eigenvalue weighted by molar-refractivity contribution is -0.141. The van der Waals surface area contributed by atoms with Crippen LogP contribution >= 0.6 is 0 Å². The molecule has 1 spiro atoms. The number of amides is 1. The van der Waals surface area contributed by atoms with E-state index in [2.05, 4.69) is 24.3 Å². The van der Waals surface area contributed by atoms with Crippen molar-refractivity contribution in [1.29, 1.82) is 0 Å². The van der Waals surface area contributed by atoms with E-state index in [-0.39, 0.29) is 23.2 Å². The van der Waals surface area contributed by atoms with Gasteiger partial charge in [0.05, 0.1) is 5.92 Å². The minimum absolute atomic E-state index is 0.0645. The van der Waals surface area contributed by atoms with Crippen LogP contribution in [0.4, 0.5) is 0 Å². The first-order chi connectivity index (χ1) is 10.1. The Labute approximate surface area is 123 Å². The molecule has 1 aliphatic heterocycles. The van der Waals surface area contributed by atoms with E-state index in [1.165, 1.54) is 11.1 Å². The molecule has 3 atom stereocenters. The van der Waals surface area contributed by atoms with Crippen molar-refractivity contribution in [1.82, 2.24) is 4.90 Å². The number of carbonyl (C=O) groups is 2. The minimum atomic E-state index is -0.776. The molecule has 4 heteroatoms. The summed E-state index contributed by atoms with van der Waals surface area (Å²) in [4.78, 5) is 25.5. The number of likely N-dealkylation sites (tertiary alicyclic amines) is 1. The molecule has 4 nitrogen and oxygen atoms in total. The summed E-state index contributed by atoms with van der Waals surface area (Å²) in [5.74, 6) is -0.898. The Kier molecular flexibility index (Phi) is 2.65. The first kappa shape index (κ1) is 12.9. The Morgan fingerprint density at radius 2 is 2.10 bits per heavy atom. The van der Waals surface area contributed by atoms with E-state index in [1.807, 2.05) is 0 Å². The van der Waals surface area contributed by atoms with Crippen LogP contribution in [-0.2, 0) is 21.4 Å². The van der Waals surface area contributed by atoms with Crippen molar-refractivity contribution < 1.29 is 14.7 Å². The molecule has 0 aromatic heterocycles. The highest BCUT2D eigenvalue weighted by Crippen LogP contribution is 2.62. The van der Waals surface area contributed by atoms with E-state index in [1.54, 1.807) is 4.90 Å². The third kappa shape index (κ3) is 1.81. The zero-order valence-corrected chi connectivity index (χ0v) is 11.9. The molecule has 1 heterocycles. The van der Waals surface area contributed by atoms with Crippen LogP contribution in [0.15, 0.2) is 24.3 Å². The molecule has 1 N–H and O–H groups in total. The summed E-state index contributed by atoms with van der Waals surface area (Å²) in [7, 11) is 0. The minimum Gasteiger partial charge on any atom is -0.481 e. The van der Waals surface area contributed by atoms with Crippen LogP contribution < -0.4 is 0 Å². The first-order valence-corrected chi connectivity index (χ1v) is 7.72. The number of hydrogen-bond acceptors (Lipinski definition) is 2. The van der Waals surface area contributed by atoms with Crippen LogP contribution in [0, 0.1) is 11.8 Å². The van der Waals surface area contributed by atoms with Gasteiger partial charge in [0.2, 0.25) is 5.91 Å². The predicted molar refractivity (Wildman–Crippen MR) is 76.9 cm³/mol. The largest absolute Gasteiger partial charge is 0.481 e. The number of benzene rings is 1. The number of carboxylic acid groups (broad SMARTS) is 1.